The van der Waals surface area contributed by atoms with Crippen LogP contribution in [0.25, 0.3) is 0 Å². The highest BCUT2D eigenvalue weighted by Gasteiger charge is 2.35. The molecule has 1 fully saturated rings. The van der Waals surface area contributed by atoms with Crippen molar-refractivity contribution >= 4 is 0 Å². The lowest BCUT2D eigenvalue weighted by Gasteiger charge is -2.34. The SMILES string of the molecule is Cc1cc(C)c(C2(O)CCOCC2)c(F)c1. The van der Waals surface area contributed by atoms with Crippen LogP contribution in [-0.4, -0.2) is 18.3 Å². The van der Waals surface area contributed by atoms with Gasteiger partial charge in [0.15, 0.2) is 0 Å². The average Bonchev–Trinajstić information content (AvgIpc) is 2.16. The van der Waals surface area contributed by atoms with E-state index in [4.69, 9.17) is 4.74 Å². The fourth-order valence-electron chi connectivity index (χ4n) is 2.46. The van der Waals surface area contributed by atoms with Crippen LogP contribution in [-0.2, 0) is 10.3 Å². The Balaban J connectivity index is 2.46. The standard InChI is InChI=1S/C13H17FO2/c1-9-7-10(2)12(11(14)8-9)13(15)3-5-16-6-4-13/h7-8,15H,3-6H2,1-2H3. The Kier molecular flexibility index (Phi) is 3.00. The molecular formula is C13H17FO2. The number of aliphatic hydroxyl groups is 1. The van der Waals surface area contributed by atoms with Gasteiger partial charge in [-0.05, 0) is 31.0 Å². The lowest BCUT2D eigenvalue weighted by atomic mass is 9.83. The molecule has 1 aliphatic heterocycles. The zero-order valence-electron chi connectivity index (χ0n) is 9.72. The highest BCUT2D eigenvalue weighted by Crippen LogP contribution is 2.35. The smallest absolute Gasteiger partial charge is 0.129 e. The van der Waals surface area contributed by atoms with Crippen molar-refractivity contribution in [3.63, 3.8) is 0 Å². The highest BCUT2D eigenvalue weighted by molar-refractivity contribution is 5.36. The van der Waals surface area contributed by atoms with Gasteiger partial charge in [0.05, 0.1) is 5.60 Å². The largest absolute Gasteiger partial charge is 0.385 e. The van der Waals surface area contributed by atoms with Crippen molar-refractivity contribution in [3.8, 4) is 0 Å². The van der Waals surface area contributed by atoms with Crippen LogP contribution in [0, 0.1) is 19.7 Å². The van der Waals surface area contributed by atoms with Gasteiger partial charge >= 0.3 is 0 Å². The maximum atomic E-state index is 13.9. The van der Waals surface area contributed by atoms with Crippen molar-refractivity contribution < 1.29 is 14.2 Å². The normalized spacial score (nSPS) is 19.8. The summed E-state index contributed by atoms with van der Waals surface area (Å²) in [5, 5.41) is 10.5. The van der Waals surface area contributed by atoms with Crippen LogP contribution in [0.5, 0.6) is 0 Å². The molecule has 0 radical (unpaired) electrons. The minimum Gasteiger partial charge on any atom is -0.385 e. The van der Waals surface area contributed by atoms with E-state index in [1.807, 2.05) is 19.9 Å². The molecule has 16 heavy (non-hydrogen) atoms. The third kappa shape index (κ3) is 1.97. The molecule has 1 aliphatic rings. The van der Waals surface area contributed by atoms with Crippen molar-refractivity contribution in [2.75, 3.05) is 13.2 Å². The van der Waals surface area contributed by atoms with E-state index in [9.17, 15) is 9.50 Å². The van der Waals surface area contributed by atoms with E-state index in [0.29, 0.717) is 31.6 Å². The monoisotopic (exact) mass is 224 g/mol. The van der Waals surface area contributed by atoms with Gasteiger partial charge < -0.3 is 9.84 Å². The minimum atomic E-state index is -1.06. The summed E-state index contributed by atoms with van der Waals surface area (Å²) < 4.78 is 19.1. The third-order valence-electron chi connectivity index (χ3n) is 3.22. The molecule has 1 N–H and O–H groups in total. The lowest BCUT2D eigenvalue weighted by Crippen LogP contribution is -2.35. The maximum Gasteiger partial charge on any atom is 0.129 e. The van der Waals surface area contributed by atoms with Gasteiger partial charge in [-0.2, -0.15) is 0 Å². The molecule has 0 unspecified atom stereocenters. The molecule has 0 saturated carbocycles. The predicted octanol–water partition coefficient (Wildman–Crippen LogP) is 2.44. The summed E-state index contributed by atoms with van der Waals surface area (Å²) in [6, 6.07) is 3.39. The summed E-state index contributed by atoms with van der Waals surface area (Å²) in [6.45, 7) is 4.68. The van der Waals surface area contributed by atoms with Gasteiger partial charge in [-0.1, -0.05) is 6.07 Å². The number of benzene rings is 1. The second kappa shape index (κ2) is 4.15. The Hall–Kier alpha value is -0.930. The van der Waals surface area contributed by atoms with Crippen LogP contribution in [0.2, 0.25) is 0 Å². The van der Waals surface area contributed by atoms with E-state index in [2.05, 4.69) is 0 Å². The van der Waals surface area contributed by atoms with Crippen molar-refractivity contribution in [3.05, 3.63) is 34.6 Å². The van der Waals surface area contributed by atoms with E-state index in [-0.39, 0.29) is 5.82 Å². The molecule has 1 heterocycles. The van der Waals surface area contributed by atoms with Gasteiger partial charge in [0.2, 0.25) is 0 Å². The van der Waals surface area contributed by atoms with Gasteiger partial charge in [-0.3, -0.25) is 0 Å². The topological polar surface area (TPSA) is 29.5 Å². The molecule has 1 aromatic carbocycles. The molecule has 1 aromatic rings. The number of ether oxygens (including phenoxy) is 1. The first-order valence-corrected chi connectivity index (χ1v) is 5.60. The second-order valence-electron chi connectivity index (χ2n) is 4.58. The molecule has 2 nitrogen and oxygen atoms in total. The fraction of sp³-hybridized carbons (Fsp3) is 0.538. The second-order valence-corrected chi connectivity index (χ2v) is 4.58. The van der Waals surface area contributed by atoms with E-state index < -0.39 is 5.60 Å². The van der Waals surface area contributed by atoms with E-state index in [1.165, 1.54) is 6.07 Å². The van der Waals surface area contributed by atoms with Crippen LogP contribution >= 0.6 is 0 Å². The third-order valence-corrected chi connectivity index (χ3v) is 3.22. The predicted molar refractivity (Wildman–Crippen MR) is 59.8 cm³/mol. The Morgan fingerprint density at radius 1 is 1.25 bits per heavy atom. The molecule has 0 aliphatic carbocycles. The van der Waals surface area contributed by atoms with Crippen LogP contribution in [0.4, 0.5) is 4.39 Å². The van der Waals surface area contributed by atoms with E-state index in [1.54, 1.807) is 0 Å². The summed E-state index contributed by atoms with van der Waals surface area (Å²) in [4.78, 5) is 0. The number of aryl methyl sites for hydroxylation is 2. The number of hydrogen-bond acceptors (Lipinski definition) is 2. The molecule has 0 aromatic heterocycles. The lowest BCUT2D eigenvalue weighted by molar-refractivity contribution is -0.0701. The van der Waals surface area contributed by atoms with Crippen LogP contribution < -0.4 is 0 Å². The molecular weight excluding hydrogens is 207 g/mol. The van der Waals surface area contributed by atoms with Gasteiger partial charge in [-0.25, -0.2) is 4.39 Å². The van der Waals surface area contributed by atoms with Crippen LogP contribution in [0.15, 0.2) is 12.1 Å². The number of halogens is 1. The summed E-state index contributed by atoms with van der Waals surface area (Å²) in [7, 11) is 0. The Morgan fingerprint density at radius 3 is 2.44 bits per heavy atom. The molecule has 0 atom stereocenters. The van der Waals surface area contributed by atoms with Crippen molar-refractivity contribution in [1.29, 1.82) is 0 Å². The molecule has 0 amide bonds. The van der Waals surface area contributed by atoms with Gasteiger partial charge in [0, 0.05) is 31.6 Å². The first-order chi connectivity index (χ1) is 7.53. The summed E-state index contributed by atoms with van der Waals surface area (Å²) in [5.74, 6) is -0.304. The molecule has 1 saturated heterocycles. The first-order valence-electron chi connectivity index (χ1n) is 5.60. The Bertz CT molecular complexity index is 372. The van der Waals surface area contributed by atoms with Crippen molar-refractivity contribution in [2.24, 2.45) is 0 Å². The van der Waals surface area contributed by atoms with Crippen LogP contribution in [0.3, 0.4) is 0 Å². The zero-order chi connectivity index (χ0) is 11.8. The first kappa shape index (κ1) is 11.6. The van der Waals surface area contributed by atoms with Gasteiger partial charge in [0.25, 0.3) is 0 Å². The maximum absolute atomic E-state index is 13.9. The summed E-state index contributed by atoms with van der Waals surface area (Å²) in [5.41, 5.74) is 1.10. The van der Waals surface area contributed by atoms with Gasteiger partial charge in [-0.15, -0.1) is 0 Å². The number of hydrogen-bond donors (Lipinski definition) is 1. The molecule has 88 valence electrons. The average molecular weight is 224 g/mol. The Morgan fingerprint density at radius 2 is 1.88 bits per heavy atom. The molecule has 3 heteroatoms. The fourth-order valence-corrected chi connectivity index (χ4v) is 2.46. The quantitative estimate of drug-likeness (QED) is 0.794. The highest BCUT2D eigenvalue weighted by atomic mass is 19.1. The van der Waals surface area contributed by atoms with Crippen LogP contribution in [0.1, 0.15) is 29.5 Å². The van der Waals surface area contributed by atoms with E-state index >= 15 is 0 Å². The molecule has 0 spiro atoms. The molecule has 2 rings (SSSR count). The molecule has 0 bridgehead atoms. The van der Waals surface area contributed by atoms with Gasteiger partial charge in [0.1, 0.15) is 5.82 Å². The summed E-state index contributed by atoms with van der Waals surface area (Å²) >= 11 is 0. The Labute approximate surface area is 95.1 Å². The zero-order valence-corrected chi connectivity index (χ0v) is 9.72. The van der Waals surface area contributed by atoms with E-state index in [0.717, 1.165) is 11.1 Å². The minimum absolute atomic E-state index is 0.304. The summed E-state index contributed by atoms with van der Waals surface area (Å²) in [6.07, 6.45) is 0.932. The number of rotatable bonds is 1. The van der Waals surface area contributed by atoms with Crippen molar-refractivity contribution in [2.45, 2.75) is 32.3 Å². The van der Waals surface area contributed by atoms with Crippen molar-refractivity contribution in [1.82, 2.24) is 0 Å².